The smallest absolute Gasteiger partial charge is 0.387 e. The second kappa shape index (κ2) is 10.2. The van der Waals surface area contributed by atoms with Crippen LogP contribution >= 0.6 is 11.8 Å². The van der Waals surface area contributed by atoms with Crippen molar-refractivity contribution in [2.75, 3.05) is 33.4 Å². The van der Waals surface area contributed by atoms with E-state index < -0.39 is 6.61 Å². The molecule has 8 nitrogen and oxygen atoms in total. The van der Waals surface area contributed by atoms with E-state index in [2.05, 4.69) is 20.3 Å². The number of nitrogens with zero attached hydrogens (tertiary/aromatic N) is 6. The van der Waals surface area contributed by atoms with E-state index >= 15 is 0 Å². The van der Waals surface area contributed by atoms with Crippen LogP contribution in [-0.4, -0.2) is 76.0 Å². The maximum Gasteiger partial charge on any atom is 0.387 e. The topological polar surface area (TPSA) is 76.4 Å². The quantitative estimate of drug-likeness (QED) is 0.561. The predicted molar refractivity (Wildman–Crippen MR) is 96.6 cm³/mol. The molecule has 0 N–H and O–H groups in total. The number of carbonyl (C=O) groups is 1. The summed E-state index contributed by atoms with van der Waals surface area (Å²) in [6, 6.07) is 6.20. The Morgan fingerprint density at radius 3 is 2.59 bits per heavy atom. The molecule has 0 saturated heterocycles. The van der Waals surface area contributed by atoms with Crippen LogP contribution < -0.4 is 4.74 Å². The van der Waals surface area contributed by atoms with Gasteiger partial charge in [0, 0.05) is 20.1 Å². The van der Waals surface area contributed by atoms with E-state index in [4.69, 9.17) is 0 Å². The van der Waals surface area contributed by atoms with Crippen LogP contribution in [0, 0.1) is 0 Å². The minimum absolute atomic E-state index is 0.0860. The molecule has 27 heavy (non-hydrogen) atoms. The molecular formula is C16H22F2N6O2S. The number of alkyl halides is 2. The third kappa shape index (κ3) is 7.10. The molecule has 1 aromatic heterocycles. The Bertz CT molecular complexity index is 726. The molecule has 2 rings (SSSR count). The van der Waals surface area contributed by atoms with Gasteiger partial charge in [-0.1, -0.05) is 23.9 Å². The molecule has 11 heteroatoms. The van der Waals surface area contributed by atoms with Crippen LogP contribution in [0.3, 0.4) is 0 Å². The largest absolute Gasteiger partial charge is 0.435 e. The zero-order chi connectivity index (χ0) is 19.8. The second-order valence-electron chi connectivity index (χ2n) is 6.05. The Hall–Kier alpha value is -2.27. The number of tetrazole rings is 1. The number of halogens is 2. The third-order valence-corrected chi connectivity index (χ3v) is 4.52. The maximum atomic E-state index is 12.3. The SMILES string of the molecule is CN(C)CCn1nnnc1SCC(=O)N(C)Cc1ccc(OC(F)F)cc1. The molecule has 0 fully saturated rings. The predicted octanol–water partition coefficient (Wildman–Crippen LogP) is 1.59. The first-order valence-corrected chi connectivity index (χ1v) is 9.15. The average Bonchev–Trinajstić information content (AvgIpc) is 3.06. The van der Waals surface area contributed by atoms with E-state index in [0.717, 1.165) is 12.1 Å². The summed E-state index contributed by atoms with van der Waals surface area (Å²) >= 11 is 1.28. The summed E-state index contributed by atoms with van der Waals surface area (Å²) in [5.74, 6) is 0.198. The average molecular weight is 400 g/mol. The van der Waals surface area contributed by atoms with Gasteiger partial charge >= 0.3 is 6.61 Å². The zero-order valence-corrected chi connectivity index (χ0v) is 16.2. The molecule has 0 aliphatic rings. The van der Waals surface area contributed by atoms with Crippen molar-refractivity contribution in [3.05, 3.63) is 29.8 Å². The Kier molecular flexibility index (Phi) is 7.92. The van der Waals surface area contributed by atoms with Crippen molar-refractivity contribution in [3.63, 3.8) is 0 Å². The molecule has 1 aromatic carbocycles. The molecule has 0 bridgehead atoms. The molecule has 0 unspecified atom stereocenters. The van der Waals surface area contributed by atoms with Gasteiger partial charge in [0.05, 0.1) is 12.3 Å². The highest BCUT2D eigenvalue weighted by molar-refractivity contribution is 7.99. The van der Waals surface area contributed by atoms with Crippen LogP contribution in [0.1, 0.15) is 5.56 Å². The molecule has 0 radical (unpaired) electrons. The fourth-order valence-electron chi connectivity index (χ4n) is 2.11. The lowest BCUT2D eigenvalue weighted by atomic mass is 10.2. The van der Waals surface area contributed by atoms with Crippen molar-refractivity contribution in [1.82, 2.24) is 30.0 Å². The highest BCUT2D eigenvalue weighted by Crippen LogP contribution is 2.17. The third-order valence-electron chi connectivity index (χ3n) is 3.58. The number of likely N-dealkylation sites (N-methyl/N-ethyl adjacent to an activating group) is 1. The van der Waals surface area contributed by atoms with Crippen molar-refractivity contribution in [2.24, 2.45) is 0 Å². The first-order chi connectivity index (χ1) is 12.8. The van der Waals surface area contributed by atoms with Gasteiger partial charge in [-0.05, 0) is 42.2 Å². The number of aromatic nitrogens is 4. The van der Waals surface area contributed by atoms with Crippen LogP contribution in [0.5, 0.6) is 5.75 Å². The van der Waals surface area contributed by atoms with E-state index in [1.54, 1.807) is 28.8 Å². The molecule has 148 valence electrons. The van der Waals surface area contributed by atoms with Gasteiger partial charge in [-0.25, -0.2) is 4.68 Å². The minimum Gasteiger partial charge on any atom is -0.435 e. The number of ether oxygens (including phenoxy) is 1. The number of amides is 1. The second-order valence-corrected chi connectivity index (χ2v) is 6.99. The van der Waals surface area contributed by atoms with Crippen molar-refractivity contribution < 1.29 is 18.3 Å². The number of thioether (sulfide) groups is 1. The van der Waals surface area contributed by atoms with Gasteiger partial charge in [0.15, 0.2) is 0 Å². The van der Waals surface area contributed by atoms with Crippen molar-refractivity contribution in [1.29, 1.82) is 0 Å². The van der Waals surface area contributed by atoms with Gasteiger partial charge in [0.25, 0.3) is 0 Å². The lowest BCUT2D eigenvalue weighted by molar-refractivity contribution is -0.127. The summed E-state index contributed by atoms with van der Waals surface area (Å²) in [4.78, 5) is 15.9. The van der Waals surface area contributed by atoms with Crippen molar-refractivity contribution in [3.8, 4) is 5.75 Å². The summed E-state index contributed by atoms with van der Waals surface area (Å²) < 4.78 is 30.3. The Morgan fingerprint density at radius 1 is 1.26 bits per heavy atom. The highest BCUT2D eigenvalue weighted by Gasteiger charge is 2.14. The lowest BCUT2D eigenvalue weighted by Crippen LogP contribution is -2.28. The van der Waals surface area contributed by atoms with Gasteiger partial charge in [-0.3, -0.25) is 4.79 Å². The molecule has 1 amide bonds. The van der Waals surface area contributed by atoms with Crippen LogP contribution in [0.25, 0.3) is 0 Å². The standard InChI is InChI=1S/C16H22F2N6O2S/c1-22(2)8-9-24-16(19-20-21-24)27-11-14(25)23(3)10-12-4-6-13(7-5-12)26-15(17)18/h4-7,15H,8-11H2,1-3H3. The number of hydrogen-bond donors (Lipinski definition) is 0. The fraction of sp³-hybridized carbons (Fsp3) is 0.500. The molecule has 0 aliphatic carbocycles. The van der Waals surface area contributed by atoms with E-state index in [1.807, 2.05) is 19.0 Å². The lowest BCUT2D eigenvalue weighted by Gasteiger charge is -2.17. The number of rotatable bonds is 10. The van der Waals surface area contributed by atoms with E-state index in [0.29, 0.717) is 18.2 Å². The summed E-state index contributed by atoms with van der Waals surface area (Å²) in [6.45, 7) is -1.07. The van der Waals surface area contributed by atoms with Crippen LogP contribution in [0.15, 0.2) is 29.4 Å². The number of hydrogen-bond acceptors (Lipinski definition) is 7. The van der Waals surface area contributed by atoms with Crippen LogP contribution in [0.2, 0.25) is 0 Å². The molecular weight excluding hydrogens is 378 g/mol. The first-order valence-electron chi connectivity index (χ1n) is 8.16. The summed E-state index contributed by atoms with van der Waals surface area (Å²) in [6.07, 6.45) is 0. The Balaban J connectivity index is 1.83. The number of benzene rings is 1. The van der Waals surface area contributed by atoms with Gasteiger partial charge < -0.3 is 14.5 Å². The molecule has 0 aliphatic heterocycles. The normalized spacial score (nSPS) is 11.2. The van der Waals surface area contributed by atoms with E-state index in [1.165, 1.54) is 23.9 Å². The minimum atomic E-state index is -2.86. The molecule has 2 aromatic rings. The monoisotopic (exact) mass is 400 g/mol. The fourth-order valence-corrected chi connectivity index (χ4v) is 2.95. The van der Waals surface area contributed by atoms with Gasteiger partial charge in [-0.15, -0.1) is 5.10 Å². The summed E-state index contributed by atoms with van der Waals surface area (Å²) in [7, 11) is 5.60. The van der Waals surface area contributed by atoms with E-state index in [9.17, 15) is 13.6 Å². The molecule has 0 spiro atoms. The van der Waals surface area contributed by atoms with Crippen LogP contribution in [-0.2, 0) is 17.9 Å². The molecule has 0 saturated carbocycles. The summed E-state index contributed by atoms with van der Waals surface area (Å²) in [5.41, 5.74) is 0.813. The highest BCUT2D eigenvalue weighted by atomic mass is 32.2. The maximum absolute atomic E-state index is 12.3. The first kappa shape index (κ1) is 21.0. The summed E-state index contributed by atoms with van der Waals surface area (Å²) in [5, 5.41) is 12.1. The van der Waals surface area contributed by atoms with Gasteiger partial charge in [-0.2, -0.15) is 8.78 Å². The Morgan fingerprint density at radius 2 is 1.96 bits per heavy atom. The Labute approximate surface area is 160 Å². The van der Waals surface area contributed by atoms with Gasteiger partial charge in [0.1, 0.15) is 5.75 Å². The molecule has 0 atom stereocenters. The van der Waals surface area contributed by atoms with Crippen molar-refractivity contribution in [2.45, 2.75) is 24.9 Å². The molecule has 1 heterocycles. The van der Waals surface area contributed by atoms with E-state index in [-0.39, 0.29) is 17.4 Å². The zero-order valence-electron chi connectivity index (χ0n) is 15.4. The number of carbonyl (C=O) groups excluding carboxylic acids is 1. The van der Waals surface area contributed by atoms with Gasteiger partial charge in [0.2, 0.25) is 11.1 Å². The van der Waals surface area contributed by atoms with Crippen LogP contribution in [0.4, 0.5) is 8.78 Å². The van der Waals surface area contributed by atoms with Crippen molar-refractivity contribution >= 4 is 17.7 Å².